The first-order valence-electron chi connectivity index (χ1n) is 6.14. The lowest BCUT2D eigenvalue weighted by molar-refractivity contribution is 0.102. The molecule has 0 N–H and O–H groups in total. The highest BCUT2D eigenvalue weighted by molar-refractivity contribution is 7.13. The molecule has 0 amide bonds. The maximum atomic E-state index is 11.4. The van der Waals surface area contributed by atoms with Gasteiger partial charge in [0.2, 0.25) is 0 Å². The number of nitrogens with zero attached hydrogens (tertiary/aromatic N) is 1. The van der Waals surface area contributed by atoms with Gasteiger partial charge in [0, 0.05) is 6.92 Å². The Morgan fingerprint density at radius 2 is 2.05 bits per heavy atom. The summed E-state index contributed by atoms with van der Waals surface area (Å²) in [5.74, 6) is 0.926. The minimum Gasteiger partial charge on any atom is -0.486 e. The van der Waals surface area contributed by atoms with Gasteiger partial charge in [-0.05, 0) is 32.4 Å². The van der Waals surface area contributed by atoms with Crippen LogP contribution in [-0.4, -0.2) is 10.8 Å². The Bertz CT molecular complexity index is 617. The molecule has 1 heterocycles. The molecule has 1 aromatic carbocycles. The molecule has 0 aliphatic carbocycles. The number of aryl methyl sites for hydroxylation is 3. The predicted molar refractivity (Wildman–Crippen MR) is 77.1 cm³/mol. The van der Waals surface area contributed by atoms with E-state index in [4.69, 9.17) is 4.74 Å². The Morgan fingerprint density at radius 1 is 1.32 bits per heavy atom. The molecule has 0 radical (unpaired) electrons. The molecular weight excluding hydrogens is 258 g/mol. The Kier molecular flexibility index (Phi) is 4.00. The van der Waals surface area contributed by atoms with E-state index in [1.807, 2.05) is 26.0 Å². The van der Waals surface area contributed by atoms with Crippen LogP contribution >= 0.6 is 11.3 Å². The van der Waals surface area contributed by atoms with Crippen molar-refractivity contribution in [2.24, 2.45) is 0 Å². The van der Waals surface area contributed by atoms with Crippen molar-refractivity contribution in [1.29, 1.82) is 0 Å². The van der Waals surface area contributed by atoms with Crippen LogP contribution in [0.5, 0.6) is 5.75 Å². The summed E-state index contributed by atoms with van der Waals surface area (Å²) < 4.78 is 5.76. The van der Waals surface area contributed by atoms with E-state index < -0.39 is 0 Å². The second-order valence-electron chi connectivity index (χ2n) is 4.64. The minimum atomic E-state index is 0.0627. The average Bonchev–Trinajstić information content (AvgIpc) is 2.69. The van der Waals surface area contributed by atoms with Gasteiger partial charge in [0.05, 0.1) is 10.6 Å². The smallest absolute Gasteiger partial charge is 0.171 e. The fourth-order valence-electron chi connectivity index (χ4n) is 1.94. The third-order valence-corrected chi connectivity index (χ3v) is 4.07. The van der Waals surface area contributed by atoms with E-state index in [1.54, 1.807) is 6.92 Å². The summed E-state index contributed by atoms with van der Waals surface area (Å²) in [6.07, 6.45) is 0. The van der Waals surface area contributed by atoms with Crippen molar-refractivity contribution in [3.63, 3.8) is 0 Å². The van der Waals surface area contributed by atoms with Crippen LogP contribution in [0.25, 0.3) is 0 Å². The van der Waals surface area contributed by atoms with E-state index in [1.165, 1.54) is 16.9 Å². The van der Waals surface area contributed by atoms with Crippen LogP contribution in [0, 0.1) is 20.8 Å². The Hall–Kier alpha value is -1.68. The molecule has 3 nitrogen and oxygen atoms in total. The van der Waals surface area contributed by atoms with Crippen LogP contribution in [0.4, 0.5) is 0 Å². The normalized spacial score (nSPS) is 10.5. The second-order valence-corrected chi connectivity index (χ2v) is 5.72. The molecule has 2 rings (SSSR count). The van der Waals surface area contributed by atoms with Crippen molar-refractivity contribution >= 4 is 17.1 Å². The van der Waals surface area contributed by atoms with E-state index in [0.717, 1.165) is 26.9 Å². The molecule has 0 spiro atoms. The van der Waals surface area contributed by atoms with Gasteiger partial charge in [-0.25, -0.2) is 4.98 Å². The van der Waals surface area contributed by atoms with Crippen molar-refractivity contribution in [2.75, 3.05) is 0 Å². The number of carbonyl (C=O) groups is 1. The lowest BCUT2D eigenvalue weighted by atomic mass is 10.1. The van der Waals surface area contributed by atoms with Crippen LogP contribution in [0.1, 0.15) is 38.4 Å². The molecule has 1 aromatic heterocycles. The first-order valence-corrected chi connectivity index (χ1v) is 6.96. The summed E-state index contributed by atoms with van der Waals surface area (Å²) in [7, 11) is 0. The SMILES string of the molecule is CC(=O)c1sc(COc2ccc(C)cc2C)nc1C. The number of rotatable bonds is 4. The summed E-state index contributed by atoms with van der Waals surface area (Å²) >= 11 is 1.41. The lowest BCUT2D eigenvalue weighted by Crippen LogP contribution is -1.96. The van der Waals surface area contributed by atoms with Gasteiger partial charge < -0.3 is 4.74 Å². The Morgan fingerprint density at radius 3 is 2.63 bits per heavy atom. The first kappa shape index (κ1) is 13.7. The molecule has 0 atom stereocenters. The molecule has 0 bridgehead atoms. The second kappa shape index (κ2) is 5.53. The highest BCUT2D eigenvalue weighted by Gasteiger charge is 2.12. The molecule has 0 unspecified atom stereocenters. The lowest BCUT2D eigenvalue weighted by Gasteiger charge is -2.07. The molecule has 0 aliphatic rings. The number of hydrogen-bond donors (Lipinski definition) is 0. The molecule has 0 saturated carbocycles. The summed E-state index contributed by atoms with van der Waals surface area (Å²) in [6, 6.07) is 6.08. The Labute approximate surface area is 117 Å². The fraction of sp³-hybridized carbons (Fsp3) is 0.333. The summed E-state index contributed by atoms with van der Waals surface area (Å²) in [5.41, 5.74) is 3.12. The van der Waals surface area contributed by atoms with Crippen molar-refractivity contribution in [2.45, 2.75) is 34.3 Å². The standard InChI is InChI=1S/C15H17NO2S/c1-9-5-6-13(10(2)7-9)18-8-14-16-11(3)15(19-14)12(4)17/h5-7H,8H2,1-4H3. The van der Waals surface area contributed by atoms with Crippen molar-refractivity contribution in [1.82, 2.24) is 4.98 Å². The highest BCUT2D eigenvalue weighted by Crippen LogP contribution is 2.23. The molecular formula is C15H17NO2S. The van der Waals surface area contributed by atoms with Crippen LogP contribution in [-0.2, 0) is 6.61 Å². The Balaban J connectivity index is 2.10. The van der Waals surface area contributed by atoms with Crippen molar-refractivity contribution in [3.8, 4) is 5.75 Å². The number of ketones is 1. The quantitative estimate of drug-likeness (QED) is 0.796. The van der Waals surface area contributed by atoms with Gasteiger partial charge in [0.25, 0.3) is 0 Å². The van der Waals surface area contributed by atoms with Gasteiger partial charge in [0.1, 0.15) is 17.4 Å². The summed E-state index contributed by atoms with van der Waals surface area (Å²) in [6.45, 7) is 7.91. The zero-order valence-corrected chi connectivity index (χ0v) is 12.4. The zero-order valence-electron chi connectivity index (χ0n) is 11.6. The van der Waals surface area contributed by atoms with E-state index in [9.17, 15) is 4.79 Å². The van der Waals surface area contributed by atoms with Gasteiger partial charge in [-0.2, -0.15) is 0 Å². The molecule has 0 saturated heterocycles. The summed E-state index contributed by atoms with van der Waals surface area (Å²) in [4.78, 5) is 16.5. The topological polar surface area (TPSA) is 39.2 Å². The number of aromatic nitrogens is 1. The van der Waals surface area contributed by atoms with E-state index >= 15 is 0 Å². The fourth-order valence-corrected chi connectivity index (χ4v) is 2.81. The van der Waals surface area contributed by atoms with E-state index in [0.29, 0.717) is 6.61 Å². The maximum Gasteiger partial charge on any atom is 0.171 e. The molecule has 0 aliphatic heterocycles. The number of Topliss-reactive ketones (excluding diaryl/α,β-unsaturated/α-hetero) is 1. The van der Waals surface area contributed by atoms with Gasteiger partial charge in [0.15, 0.2) is 5.78 Å². The third-order valence-electron chi connectivity index (χ3n) is 2.84. The number of benzene rings is 1. The molecule has 4 heteroatoms. The van der Waals surface area contributed by atoms with Crippen molar-refractivity contribution in [3.05, 3.63) is 44.9 Å². The van der Waals surface area contributed by atoms with Crippen LogP contribution in [0.15, 0.2) is 18.2 Å². The molecule has 19 heavy (non-hydrogen) atoms. The molecule has 2 aromatic rings. The minimum absolute atomic E-state index is 0.0627. The van der Waals surface area contributed by atoms with Crippen LogP contribution < -0.4 is 4.74 Å². The van der Waals surface area contributed by atoms with Gasteiger partial charge >= 0.3 is 0 Å². The van der Waals surface area contributed by atoms with Gasteiger partial charge in [-0.3, -0.25) is 4.79 Å². The van der Waals surface area contributed by atoms with E-state index in [2.05, 4.69) is 18.0 Å². The number of carbonyl (C=O) groups excluding carboxylic acids is 1. The monoisotopic (exact) mass is 275 g/mol. The van der Waals surface area contributed by atoms with Gasteiger partial charge in [-0.15, -0.1) is 11.3 Å². The largest absolute Gasteiger partial charge is 0.486 e. The van der Waals surface area contributed by atoms with Crippen molar-refractivity contribution < 1.29 is 9.53 Å². The number of thiazole rings is 1. The van der Waals surface area contributed by atoms with Crippen LogP contribution in [0.3, 0.4) is 0 Å². The number of hydrogen-bond acceptors (Lipinski definition) is 4. The first-order chi connectivity index (χ1) is 8.97. The zero-order chi connectivity index (χ0) is 14.0. The average molecular weight is 275 g/mol. The van der Waals surface area contributed by atoms with Gasteiger partial charge in [-0.1, -0.05) is 17.7 Å². The predicted octanol–water partition coefficient (Wildman–Crippen LogP) is 3.85. The summed E-state index contributed by atoms with van der Waals surface area (Å²) in [5, 5.41) is 0.836. The van der Waals surface area contributed by atoms with E-state index in [-0.39, 0.29) is 5.78 Å². The van der Waals surface area contributed by atoms with Crippen LogP contribution in [0.2, 0.25) is 0 Å². The maximum absolute atomic E-state index is 11.4. The molecule has 0 fully saturated rings. The molecule has 100 valence electrons. The third kappa shape index (κ3) is 3.20. The number of ether oxygens (including phenoxy) is 1. The highest BCUT2D eigenvalue weighted by atomic mass is 32.1.